The number of anilines is 2. The fourth-order valence-corrected chi connectivity index (χ4v) is 3.93. The Morgan fingerprint density at radius 1 is 0.947 bits per heavy atom. The smallest absolute Gasteiger partial charge is 0.0683 e. The lowest BCUT2D eigenvalue weighted by Crippen LogP contribution is -2.10. The minimum atomic E-state index is 1.03. The molecule has 0 aromatic heterocycles. The zero-order valence-corrected chi connectivity index (χ0v) is 12.4. The lowest BCUT2D eigenvalue weighted by atomic mass is 10.3. The molecule has 19 heavy (non-hydrogen) atoms. The van der Waals surface area contributed by atoms with Crippen LogP contribution in [0.4, 0.5) is 11.4 Å². The first kappa shape index (κ1) is 12.8. The number of fused-ring (bicyclic) bond motifs is 2. The molecular formula is C15H16N2S2. The second kappa shape index (κ2) is 5.80. The van der Waals surface area contributed by atoms with Gasteiger partial charge in [-0.05, 0) is 24.3 Å². The molecule has 0 radical (unpaired) electrons. The van der Waals surface area contributed by atoms with E-state index in [0.29, 0.717) is 0 Å². The van der Waals surface area contributed by atoms with Crippen LogP contribution in [0.25, 0.3) is 0 Å². The average molecular weight is 288 g/mol. The highest BCUT2D eigenvalue weighted by Gasteiger charge is 2.13. The highest BCUT2D eigenvalue weighted by atomic mass is 32.2. The van der Waals surface area contributed by atoms with Crippen LogP contribution in [-0.2, 0) is 0 Å². The van der Waals surface area contributed by atoms with Crippen LogP contribution in [-0.4, -0.2) is 18.8 Å². The van der Waals surface area contributed by atoms with Crippen molar-refractivity contribution in [2.75, 3.05) is 29.0 Å². The number of hydrogen-bond donors (Lipinski definition) is 1. The third kappa shape index (κ3) is 2.85. The normalized spacial score (nSPS) is 15.1. The first-order valence-electron chi connectivity index (χ1n) is 6.23. The van der Waals surface area contributed by atoms with Crippen LogP contribution in [0.3, 0.4) is 0 Å². The molecule has 1 N–H and O–H groups in total. The topological polar surface area (TPSA) is 15.3 Å². The summed E-state index contributed by atoms with van der Waals surface area (Å²) in [4.78, 5) is 5.04. The Bertz CT molecular complexity index is 549. The van der Waals surface area contributed by atoms with Gasteiger partial charge in [0.05, 0.1) is 17.4 Å². The van der Waals surface area contributed by atoms with Crippen molar-refractivity contribution in [1.82, 2.24) is 0 Å². The monoisotopic (exact) mass is 288 g/mol. The van der Waals surface area contributed by atoms with Crippen LogP contribution in [0.15, 0.2) is 58.3 Å². The van der Waals surface area contributed by atoms with Crippen LogP contribution in [0.5, 0.6) is 0 Å². The molecule has 0 bridgehead atoms. The summed E-state index contributed by atoms with van der Waals surface area (Å²) >= 11 is 3.76. The quantitative estimate of drug-likeness (QED) is 0.775. The highest BCUT2D eigenvalue weighted by Crippen LogP contribution is 2.36. The van der Waals surface area contributed by atoms with Gasteiger partial charge in [0.2, 0.25) is 0 Å². The van der Waals surface area contributed by atoms with Crippen molar-refractivity contribution in [2.45, 2.75) is 9.79 Å². The Balaban J connectivity index is 0.000000117. The standard InChI is InChI=1S/C8H9NS.C7H7NS/c1-9-6-10-8-5-3-2-4-7(8)9;1-2-4-7-6(3-1)8-5-9-7/h2-5H,6H2,1H3;1-4,8H,5H2. The second-order valence-electron chi connectivity index (χ2n) is 4.40. The van der Waals surface area contributed by atoms with Crippen molar-refractivity contribution in [2.24, 2.45) is 0 Å². The molecular weight excluding hydrogens is 272 g/mol. The lowest BCUT2D eigenvalue weighted by molar-refractivity contribution is 1.10. The van der Waals surface area contributed by atoms with E-state index in [1.165, 1.54) is 21.2 Å². The van der Waals surface area contributed by atoms with Crippen LogP contribution >= 0.6 is 23.5 Å². The lowest BCUT2D eigenvalue weighted by Gasteiger charge is -2.08. The number of nitrogens with one attached hydrogen (secondary N) is 1. The molecule has 0 saturated heterocycles. The fraction of sp³-hybridized carbons (Fsp3) is 0.200. The molecule has 98 valence electrons. The van der Waals surface area contributed by atoms with E-state index in [2.05, 4.69) is 65.8 Å². The maximum absolute atomic E-state index is 3.26. The zero-order chi connectivity index (χ0) is 13.1. The predicted octanol–water partition coefficient (Wildman–Crippen LogP) is 4.35. The van der Waals surface area contributed by atoms with Crippen molar-refractivity contribution in [1.29, 1.82) is 0 Å². The molecule has 2 aromatic carbocycles. The molecule has 0 atom stereocenters. The molecule has 4 rings (SSSR count). The third-order valence-corrected chi connectivity index (χ3v) is 5.20. The zero-order valence-electron chi connectivity index (χ0n) is 10.8. The van der Waals surface area contributed by atoms with E-state index in [1.54, 1.807) is 0 Å². The van der Waals surface area contributed by atoms with Crippen molar-refractivity contribution in [3.05, 3.63) is 48.5 Å². The average Bonchev–Trinajstić information content (AvgIpc) is 3.07. The molecule has 0 amide bonds. The van der Waals surface area contributed by atoms with Gasteiger partial charge >= 0.3 is 0 Å². The summed E-state index contributed by atoms with van der Waals surface area (Å²) in [6.45, 7) is 0. The minimum absolute atomic E-state index is 1.03. The van der Waals surface area contributed by atoms with E-state index in [-0.39, 0.29) is 0 Å². The largest absolute Gasteiger partial charge is 0.375 e. The van der Waals surface area contributed by atoms with Gasteiger partial charge in [0.15, 0.2) is 0 Å². The molecule has 2 aliphatic rings. The Labute approximate surface area is 122 Å². The Hall–Kier alpha value is -1.26. The number of benzene rings is 2. The molecule has 4 heteroatoms. The molecule has 2 nitrogen and oxygen atoms in total. The molecule has 0 fully saturated rings. The van der Waals surface area contributed by atoms with E-state index in [4.69, 9.17) is 0 Å². The van der Waals surface area contributed by atoms with E-state index in [1.807, 2.05) is 23.5 Å². The summed E-state index contributed by atoms with van der Waals surface area (Å²) < 4.78 is 0. The third-order valence-electron chi connectivity index (χ3n) is 3.07. The first-order valence-corrected chi connectivity index (χ1v) is 8.20. The van der Waals surface area contributed by atoms with Gasteiger partial charge in [0.1, 0.15) is 0 Å². The SMILES string of the molecule is CN1CSc2ccccc21.c1ccc2c(c1)NCS2. The molecule has 2 aliphatic heterocycles. The number of para-hydroxylation sites is 2. The minimum Gasteiger partial charge on any atom is -0.375 e. The van der Waals surface area contributed by atoms with E-state index < -0.39 is 0 Å². The number of rotatable bonds is 0. The summed E-state index contributed by atoms with van der Waals surface area (Å²) in [5.74, 6) is 2.12. The molecule has 0 saturated carbocycles. The first-order chi connectivity index (χ1) is 9.34. The van der Waals surface area contributed by atoms with Crippen molar-refractivity contribution < 1.29 is 0 Å². The van der Waals surface area contributed by atoms with E-state index >= 15 is 0 Å². The molecule has 0 spiro atoms. The van der Waals surface area contributed by atoms with Gasteiger partial charge in [-0.15, -0.1) is 23.5 Å². The summed E-state index contributed by atoms with van der Waals surface area (Å²) in [5, 5.41) is 3.26. The van der Waals surface area contributed by atoms with Gasteiger partial charge in [-0.2, -0.15) is 0 Å². The van der Waals surface area contributed by atoms with E-state index in [0.717, 1.165) is 11.8 Å². The van der Waals surface area contributed by atoms with Gasteiger partial charge in [-0.3, -0.25) is 0 Å². The van der Waals surface area contributed by atoms with Crippen LogP contribution in [0.1, 0.15) is 0 Å². The summed E-state index contributed by atoms with van der Waals surface area (Å²) in [5.41, 5.74) is 2.65. The second-order valence-corrected chi connectivity index (χ2v) is 6.40. The van der Waals surface area contributed by atoms with Crippen molar-refractivity contribution in [3.8, 4) is 0 Å². The molecule has 0 aliphatic carbocycles. The number of nitrogens with zero attached hydrogens (tertiary/aromatic N) is 1. The molecule has 2 aromatic rings. The van der Waals surface area contributed by atoms with Gasteiger partial charge in [0, 0.05) is 22.5 Å². The van der Waals surface area contributed by atoms with Crippen molar-refractivity contribution in [3.63, 3.8) is 0 Å². The van der Waals surface area contributed by atoms with Gasteiger partial charge in [0.25, 0.3) is 0 Å². The Morgan fingerprint density at radius 3 is 2.47 bits per heavy atom. The highest BCUT2D eigenvalue weighted by molar-refractivity contribution is 8.00. The predicted molar refractivity (Wildman–Crippen MR) is 86.4 cm³/mol. The Morgan fingerprint density at radius 2 is 1.68 bits per heavy atom. The number of hydrogen-bond acceptors (Lipinski definition) is 4. The number of thioether (sulfide) groups is 2. The van der Waals surface area contributed by atoms with Crippen molar-refractivity contribution >= 4 is 34.9 Å². The van der Waals surface area contributed by atoms with Gasteiger partial charge in [-0.25, -0.2) is 0 Å². The van der Waals surface area contributed by atoms with Gasteiger partial charge in [-0.1, -0.05) is 24.3 Å². The molecule has 2 heterocycles. The summed E-state index contributed by atoms with van der Waals surface area (Å²) in [6.07, 6.45) is 0. The van der Waals surface area contributed by atoms with Crippen LogP contribution < -0.4 is 10.2 Å². The van der Waals surface area contributed by atoms with Crippen LogP contribution in [0, 0.1) is 0 Å². The molecule has 0 unspecified atom stereocenters. The Kier molecular flexibility index (Phi) is 3.89. The summed E-state index contributed by atoms with van der Waals surface area (Å²) in [6, 6.07) is 16.9. The fourth-order valence-electron chi connectivity index (χ4n) is 2.06. The summed E-state index contributed by atoms with van der Waals surface area (Å²) in [7, 11) is 2.12. The maximum atomic E-state index is 3.26. The van der Waals surface area contributed by atoms with Crippen LogP contribution in [0.2, 0.25) is 0 Å². The maximum Gasteiger partial charge on any atom is 0.0683 e. The van der Waals surface area contributed by atoms with Gasteiger partial charge < -0.3 is 10.2 Å². The van der Waals surface area contributed by atoms with E-state index in [9.17, 15) is 0 Å².